The van der Waals surface area contributed by atoms with Crippen LogP contribution in [0.4, 0.5) is 18.9 Å². The molecule has 1 aromatic carbocycles. The number of nitrogens with one attached hydrogen (secondary N) is 2. The normalized spacial score (nSPS) is 11.4. The van der Waals surface area contributed by atoms with E-state index in [0.717, 1.165) is 0 Å². The maximum atomic E-state index is 12.1. The molecule has 1 amide bonds. The number of aromatic nitrogens is 2. The lowest BCUT2D eigenvalue weighted by Crippen LogP contribution is -2.29. The fourth-order valence-electron chi connectivity index (χ4n) is 1.60. The third-order valence-corrected chi connectivity index (χ3v) is 2.49. The molecule has 2 rings (SSSR count). The molecular weight excluding hydrogens is 275 g/mol. The largest absolute Gasteiger partial charge is 0.471 e. The summed E-state index contributed by atoms with van der Waals surface area (Å²) in [5, 5.41) is 4.50. The molecule has 0 aliphatic heterocycles. The predicted molar refractivity (Wildman–Crippen MR) is 65.8 cm³/mol. The van der Waals surface area contributed by atoms with Crippen molar-refractivity contribution in [3.63, 3.8) is 0 Å². The summed E-state index contributed by atoms with van der Waals surface area (Å²) in [5.74, 6) is -2.04. The lowest BCUT2D eigenvalue weighted by Gasteiger charge is -2.08. The zero-order chi connectivity index (χ0) is 14.9. The van der Waals surface area contributed by atoms with Crippen LogP contribution in [0.2, 0.25) is 0 Å². The average Bonchev–Trinajstić information content (AvgIpc) is 2.68. The molecule has 106 valence electrons. The number of carbonyl (C=O) groups is 1. The first-order valence-corrected chi connectivity index (χ1v) is 5.54. The third-order valence-electron chi connectivity index (χ3n) is 2.49. The Morgan fingerprint density at radius 3 is 2.30 bits per heavy atom. The Bertz CT molecular complexity index is 683. The van der Waals surface area contributed by atoms with Crippen molar-refractivity contribution in [1.82, 2.24) is 9.78 Å². The van der Waals surface area contributed by atoms with Crippen LogP contribution in [0, 0.1) is 6.92 Å². The van der Waals surface area contributed by atoms with Crippen LogP contribution in [0.3, 0.4) is 0 Å². The van der Waals surface area contributed by atoms with E-state index in [1.54, 1.807) is 12.2 Å². The van der Waals surface area contributed by atoms with Gasteiger partial charge in [-0.15, -0.1) is 0 Å². The van der Waals surface area contributed by atoms with Gasteiger partial charge in [-0.2, -0.15) is 13.2 Å². The molecule has 5 nitrogen and oxygen atoms in total. The van der Waals surface area contributed by atoms with Crippen molar-refractivity contribution in [2.75, 3.05) is 5.32 Å². The highest BCUT2D eigenvalue weighted by atomic mass is 19.4. The van der Waals surface area contributed by atoms with E-state index in [1.165, 1.54) is 35.0 Å². The van der Waals surface area contributed by atoms with Crippen LogP contribution < -0.4 is 10.9 Å². The van der Waals surface area contributed by atoms with Crippen LogP contribution in [0.1, 0.15) is 5.69 Å². The summed E-state index contributed by atoms with van der Waals surface area (Å²) in [5.41, 5.74) is 0.819. The van der Waals surface area contributed by atoms with Gasteiger partial charge in [-0.3, -0.25) is 14.7 Å². The van der Waals surface area contributed by atoms with E-state index in [-0.39, 0.29) is 11.2 Å². The zero-order valence-electron chi connectivity index (χ0n) is 10.3. The first-order valence-electron chi connectivity index (χ1n) is 5.54. The second kappa shape index (κ2) is 4.87. The lowest BCUT2D eigenvalue weighted by molar-refractivity contribution is -0.167. The molecule has 2 aromatic rings. The molecule has 0 saturated carbocycles. The monoisotopic (exact) mass is 285 g/mol. The van der Waals surface area contributed by atoms with E-state index in [2.05, 4.69) is 5.10 Å². The van der Waals surface area contributed by atoms with E-state index < -0.39 is 12.1 Å². The number of carbonyl (C=O) groups excluding carboxylic acids is 1. The van der Waals surface area contributed by atoms with Gasteiger partial charge in [-0.25, -0.2) is 4.68 Å². The molecule has 2 N–H and O–H groups in total. The van der Waals surface area contributed by atoms with Crippen molar-refractivity contribution in [3.8, 4) is 5.69 Å². The summed E-state index contributed by atoms with van der Waals surface area (Å²) < 4.78 is 37.5. The van der Waals surface area contributed by atoms with Crippen LogP contribution in [-0.4, -0.2) is 21.9 Å². The number of anilines is 1. The van der Waals surface area contributed by atoms with Gasteiger partial charge in [0.2, 0.25) is 0 Å². The molecule has 0 atom stereocenters. The maximum Gasteiger partial charge on any atom is 0.471 e. The number of amides is 1. The Hall–Kier alpha value is -2.51. The minimum atomic E-state index is -4.94. The fourth-order valence-corrected chi connectivity index (χ4v) is 1.60. The Kier molecular flexibility index (Phi) is 3.39. The Balaban J connectivity index is 2.21. The molecule has 1 aromatic heterocycles. The summed E-state index contributed by atoms with van der Waals surface area (Å²) >= 11 is 0. The third kappa shape index (κ3) is 2.90. The van der Waals surface area contributed by atoms with Crippen LogP contribution in [0.5, 0.6) is 0 Å². The van der Waals surface area contributed by atoms with E-state index in [1.807, 2.05) is 0 Å². The molecule has 0 aliphatic rings. The number of hydrogen-bond acceptors (Lipinski definition) is 2. The average molecular weight is 285 g/mol. The number of benzene rings is 1. The second-order valence-electron chi connectivity index (χ2n) is 4.11. The highest BCUT2D eigenvalue weighted by molar-refractivity contribution is 5.94. The SMILES string of the molecule is Cc1cc(=O)n(-c2ccc(NC(=O)C(F)(F)F)cc2)[nH]1. The number of alkyl halides is 3. The fraction of sp³-hybridized carbons (Fsp3) is 0.167. The minimum Gasteiger partial charge on any atom is -0.318 e. The second-order valence-corrected chi connectivity index (χ2v) is 4.11. The molecule has 8 heteroatoms. The van der Waals surface area contributed by atoms with Crippen LogP contribution in [0.15, 0.2) is 35.1 Å². The number of aryl methyl sites for hydroxylation is 1. The summed E-state index contributed by atoms with van der Waals surface area (Å²) in [6.07, 6.45) is -4.94. The van der Waals surface area contributed by atoms with Gasteiger partial charge in [0.05, 0.1) is 5.69 Å². The number of H-pyrrole nitrogens is 1. The molecule has 20 heavy (non-hydrogen) atoms. The summed E-state index contributed by atoms with van der Waals surface area (Å²) in [4.78, 5) is 22.3. The van der Waals surface area contributed by atoms with Crippen molar-refractivity contribution < 1.29 is 18.0 Å². The van der Waals surface area contributed by atoms with Crippen molar-refractivity contribution in [2.24, 2.45) is 0 Å². The first kappa shape index (κ1) is 13.9. The van der Waals surface area contributed by atoms with Gasteiger partial charge in [0, 0.05) is 17.4 Å². The minimum absolute atomic E-state index is 0.00704. The van der Waals surface area contributed by atoms with E-state index >= 15 is 0 Å². The Morgan fingerprint density at radius 1 is 1.25 bits per heavy atom. The number of halogens is 3. The number of nitrogens with zero attached hydrogens (tertiary/aromatic N) is 1. The van der Waals surface area contributed by atoms with Crippen molar-refractivity contribution in [1.29, 1.82) is 0 Å². The van der Waals surface area contributed by atoms with Crippen molar-refractivity contribution in [3.05, 3.63) is 46.4 Å². The van der Waals surface area contributed by atoms with Gasteiger partial charge in [0.1, 0.15) is 0 Å². The van der Waals surface area contributed by atoms with Gasteiger partial charge < -0.3 is 5.32 Å². The molecule has 0 aliphatic carbocycles. The van der Waals surface area contributed by atoms with Gasteiger partial charge >= 0.3 is 12.1 Å². The molecule has 0 fully saturated rings. The van der Waals surface area contributed by atoms with Crippen LogP contribution in [-0.2, 0) is 4.79 Å². The van der Waals surface area contributed by atoms with Crippen molar-refractivity contribution >= 4 is 11.6 Å². The quantitative estimate of drug-likeness (QED) is 0.886. The smallest absolute Gasteiger partial charge is 0.318 e. The molecular formula is C12H10F3N3O2. The summed E-state index contributed by atoms with van der Waals surface area (Å²) in [7, 11) is 0. The zero-order valence-corrected chi connectivity index (χ0v) is 10.3. The predicted octanol–water partition coefficient (Wildman–Crippen LogP) is 1.97. The summed E-state index contributed by atoms with van der Waals surface area (Å²) in [6.45, 7) is 1.70. The van der Waals surface area contributed by atoms with Gasteiger partial charge in [0.15, 0.2) is 0 Å². The number of rotatable bonds is 2. The molecule has 0 bridgehead atoms. The lowest BCUT2D eigenvalue weighted by atomic mass is 10.3. The van der Waals surface area contributed by atoms with E-state index in [4.69, 9.17) is 0 Å². The van der Waals surface area contributed by atoms with Crippen LogP contribution >= 0.6 is 0 Å². The maximum absolute atomic E-state index is 12.1. The standard InChI is InChI=1S/C12H10F3N3O2/c1-7-6-10(19)18(17-7)9-4-2-8(3-5-9)16-11(20)12(13,14)15/h2-6,17H,1H3,(H,16,20). The molecule has 0 spiro atoms. The van der Waals surface area contributed by atoms with E-state index in [9.17, 15) is 22.8 Å². The number of aromatic amines is 1. The highest BCUT2D eigenvalue weighted by Crippen LogP contribution is 2.19. The Labute approximate surface area is 111 Å². The topological polar surface area (TPSA) is 66.9 Å². The van der Waals surface area contributed by atoms with Gasteiger partial charge in [-0.05, 0) is 31.2 Å². The highest BCUT2D eigenvalue weighted by Gasteiger charge is 2.38. The molecule has 0 unspecified atom stereocenters. The van der Waals surface area contributed by atoms with Crippen molar-refractivity contribution in [2.45, 2.75) is 13.1 Å². The van der Waals surface area contributed by atoms with E-state index in [0.29, 0.717) is 11.4 Å². The summed E-state index contributed by atoms with van der Waals surface area (Å²) in [6, 6.07) is 6.79. The molecule has 0 radical (unpaired) electrons. The number of hydrogen-bond donors (Lipinski definition) is 2. The van der Waals surface area contributed by atoms with Gasteiger partial charge in [-0.1, -0.05) is 0 Å². The van der Waals surface area contributed by atoms with Gasteiger partial charge in [0.25, 0.3) is 5.56 Å². The Morgan fingerprint density at radius 2 is 1.85 bits per heavy atom. The molecule has 0 saturated heterocycles. The first-order chi connectivity index (χ1) is 9.27. The molecule has 1 heterocycles. The van der Waals surface area contributed by atoms with Crippen LogP contribution in [0.25, 0.3) is 5.69 Å².